The maximum atomic E-state index is 13.1. The van der Waals surface area contributed by atoms with Crippen LogP contribution in [0, 0.1) is 0 Å². The second-order valence-corrected chi connectivity index (χ2v) is 9.17. The predicted molar refractivity (Wildman–Crippen MR) is 135 cm³/mol. The summed E-state index contributed by atoms with van der Waals surface area (Å²) in [7, 11) is 1.57. The zero-order chi connectivity index (χ0) is 23.9. The molecule has 4 rings (SSSR count). The maximum absolute atomic E-state index is 13.1. The van der Waals surface area contributed by atoms with Crippen molar-refractivity contribution in [1.29, 1.82) is 0 Å². The monoisotopic (exact) mass is 522 g/mol. The van der Waals surface area contributed by atoms with Crippen LogP contribution < -0.4 is 15.4 Å². The molecular formula is C27H27BrN2O4. The number of ether oxygens (including phenoxy) is 1. The average molecular weight is 523 g/mol. The van der Waals surface area contributed by atoms with E-state index in [1.165, 1.54) is 6.42 Å². The molecule has 176 valence electrons. The van der Waals surface area contributed by atoms with E-state index in [0.29, 0.717) is 22.8 Å². The molecule has 0 spiro atoms. The van der Waals surface area contributed by atoms with Crippen LogP contribution in [0.25, 0.3) is 17.4 Å². The second kappa shape index (κ2) is 11.2. The molecule has 7 heteroatoms. The first-order valence-electron chi connectivity index (χ1n) is 11.4. The zero-order valence-electron chi connectivity index (χ0n) is 19.0. The van der Waals surface area contributed by atoms with E-state index < -0.39 is 0 Å². The van der Waals surface area contributed by atoms with Crippen molar-refractivity contribution < 1.29 is 18.7 Å². The van der Waals surface area contributed by atoms with Gasteiger partial charge < -0.3 is 19.8 Å². The molecule has 2 aromatic carbocycles. The topological polar surface area (TPSA) is 80.6 Å². The van der Waals surface area contributed by atoms with E-state index in [1.54, 1.807) is 43.5 Å². The molecule has 1 saturated carbocycles. The van der Waals surface area contributed by atoms with Crippen LogP contribution in [0.5, 0.6) is 5.75 Å². The number of hydrogen-bond donors (Lipinski definition) is 2. The Kier molecular flexibility index (Phi) is 7.85. The van der Waals surface area contributed by atoms with Crippen LogP contribution in [-0.2, 0) is 4.79 Å². The Labute approximate surface area is 207 Å². The van der Waals surface area contributed by atoms with Gasteiger partial charge in [0.05, 0.1) is 7.11 Å². The van der Waals surface area contributed by atoms with Crippen molar-refractivity contribution in [2.75, 3.05) is 7.11 Å². The fourth-order valence-corrected chi connectivity index (χ4v) is 4.21. The molecule has 1 aliphatic rings. The van der Waals surface area contributed by atoms with Crippen molar-refractivity contribution in [3.05, 3.63) is 82.2 Å². The van der Waals surface area contributed by atoms with Crippen molar-refractivity contribution in [2.24, 2.45) is 0 Å². The number of benzene rings is 2. The number of hydrogen-bond acceptors (Lipinski definition) is 4. The molecule has 34 heavy (non-hydrogen) atoms. The van der Waals surface area contributed by atoms with Gasteiger partial charge in [0.15, 0.2) is 0 Å². The van der Waals surface area contributed by atoms with Gasteiger partial charge in [0.1, 0.15) is 23.0 Å². The molecule has 2 amide bonds. The molecule has 1 fully saturated rings. The summed E-state index contributed by atoms with van der Waals surface area (Å²) >= 11 is 3.43. The van der Waals surface area contributed by atoms with E-state index in [0.717, 1.165) is 35.7 Å². The van der Waals surface area contributed by atoms with Gasteiger partial charge in [-0.2, -0.15) is 0 Å². The van der Waals surface area contributed by atoms with Crippen LogP contribution in [0.2, 0.25) is 0 Å². The van der Waals surface area contributed by atoms with Crippen molar-refractivity contribution >= 4 is 33.8 Å². The summed E-state index contributed by atoms with van der Waals surface area (Å²) in [5.41, 5.74) is 1.48. The van der Waals surface area contributed by atoms with Gasteiger partial charge in [0.2, 0.25) is 0 Å². The SMILES string of the molecule is COc1ccc(C(=O)NC(=Cc2ccc(-c3ccc(Br)cc3)o2)C(=O)NC2CCCCC2)cc1. The number of furan rings is 1. The lowest BCUT2D eigenvalue weighted by atomic mass is 9.95. The van der Waals surface area contributed by atoms with Crippen LogP contribution in [0.4, 0.5) is 0 Å². The Morgan fingerprint density at radius 3 is 2.35 bits per heavy atom. The van der Waals surface area contributed by atoms with E-state index in [4.69, 9.17) is 9.15 Å². The summed E-state index contributed by atoms with van der Waals surface area (Å²) in [6, 6.07) is 18.2. The molecule has 0 bridgehead atoms. The number of rotatable bonds is 7. The normalized spacial score (nSPS) is 14.5. The summed E-state index contributed by atoms with van der Waals surface area (Å²) in [6.45, 7) is 0. The Morgan fingerprint density at radius 1 is 0.971 bits per heavy atom. The third kappa shape index (κ3) is 6.17. The van der Waals surface area contributed by atoms with E-state index in [1.807, 2.05) is 30.3 Å². The Bertz CT molecular complexity index is 1160. The molecule has 0 aliphatic heterocycles. The van der Waals surface area contributed by atoms with Gasteiger partial charge in [-0.15, -0.1) is 0 Å². The molecule has 0 radical (unpaired) electrons. The smallest absolute Gasteiger partial charge is 0.268 e. The van der Waals surface area contributed by atoms with Crippen molar-refractivity contribution in [3.8, 4) is 17.1 Å². The third-order valence-electron chi connectivity index (χ3n) is 5.83. The first-order chi connectivity index (χ1) is 16.5. The van der Waals surface area contributed by atoms with Gasteiger partial charge in [-0.05, 0) is 61.4 Å². The standard InChI is InChI=1S/C27H27BrN2O4/c1-33-22-13-9-19(10-14-22)26(31)30-24(27(32)29-21-5-3-2-4-6-21)17-23-15-16-25(34-23)18-7-11-20(28)12-8-18/h7-17,21H,2-6H2,1H3,(H,29,32)(H,30,31). The fourth-order valence-electron chi connectivity index (χ4n) is 3.95. The van der Waals surface area contributed by atoms with E-state index in [2.05, 4.69) is 26.6 Å². The minimum atomic E-state index is -0.382. The van der Waals surface area contributed by atoms with Crippen LogP contribution in [0.1, 0.15) is 48.2 Å². The van der Waals surface area contributed by atoms with Gasteiger partial charge in [0.25, 0.3) is 11.8 Å². The molecule has 0 atom stereocenters. The van der Waals surface area contributed by atoms with Gasteiger partial charge in [-0.25, -0.2) is 0 Å². The average Bonchev–Trinajstić information content (AvgIpc) is 3.33. The summed E-state index contributed by atoms with van der Waals surface area (Å²) in [5, 5.41) is 5.84. The number of amides is 2. The second-order valence-electron chi connectivity index (χ2n) is 8.26. The quantitative estimate of drug-likeness (QED) is 0.376. The van der Waals surface area contributed by atoms with Crippen LogP contribution in [0.15, 0.2) is 75.3 Å². The number of halogens is 1. The first kappa shape index (κ1) is 23.8. The largest absolute Gasteiger partial charge is 0.497 e. The van der Waals surface area contributed by atoms with E-state index in [-0.39, 0.29) is 23.6 Å². The lowest BCUT2D eigenvalue weighted by molar-refractivity contribution is -0.118. The number of carbonyl (C=O) groups excluding carboxylic acids is 2. The highest BCUT2D eigenvalue weighted by atomic mass is 79.9. The lowest BCUT2D eigenvalue weighted by Crippen LogP contribution is -2.41. The summed E-state index contributed by atoms with van der Waals surface area (Å²) in [6.07, 6.45) is 6.84. The molecule has 0 saturated heterocycles. The Balaban J connectivity index is 1.57. The highest BCUT2D eigenvalue weighted by molar-refractivity contribution is 9.10. The fraction of sp³-hybridized carbons (Fsp3) is 0.259. The van der Waals surface area contributed by atoms with Crippen molar-refractivity contribution in [2.45, 2.75) is 38.1 Å². The highest BCUT2D eigenvalue weighted by Gasteiger charge is 2.21. The number of methoxy groups -OCH3 is 1. The van der Waals surface area contributed by atoms with Crippen LogP contribution in [0.3, 0.4) is 0 Å². The van der Waals surface area contributed by atoms with E-state index in [9.17, 15) is 9.59 Å². The molecule has 6 nitrogen and oxygen atoms in total. The summed E-state index contributed by atoms with van der Waals surface area (Å²) < 4.78 is 12.1. The third-order valence-corrected chi connectivity index (χ3v) is 6.36. The van der Waals surface area contributed by atoms with Gasteiger partial charge in [-0.1, -0.05) is 47.3 Å². The molecule has 1 heterocycles. The summed E-state index contributed by atoms with van der Waals surface area (Å²) in [5.74, 6) is 1.09. The van der Waals surface area contributed by atoms with Crippen LogP contribution in [-0.4, -0.2) is 25.0 Å². The molecule has 1 aliphatic carbocycles. The lowest BCUT2D eigenvalue weighted by Gasteiger charge is -2.23. The Hall–Kier alpha value is -3.32. The minimum absolute atomic E-state index is 0.109. The maximum Gasteiger partial charge on any atom is 0.268 e. The molecule has 3 aromatic rings. The predicted octanol–water partition coefficient (Wildman–Crippen LogP) is 5.94. The van der Waals surface area contributed by atoms with Gasteiger partial charge >= 0.3 is 0 Å². The molecular weight excluding hydrogens is 496 g/mol. The number of carbonyl (C=O) groups is 2. The van der Waals surface area contributed by atoms with Crippen LogP contribution >= 0.6 is 15.9 Å². The minimum Gasteiger partial charge on any atom is -0.497 e. The van der Waals surface area contributed by atoms with Crippen molar-refractivity contribution in [1.82, 2.24) is 10.6 Å². The van der Waals surface area contributed by atoms with Gasteiger partial charge in [-0.3, -0.25) is 9.59 Å². The van der Waals surface area contributed by atoms with E-state index >= 15 is 0 Å². The molecule has 0 unspecified atom stereocenters. The van der Waals surface area contributed by atoms with Gasteiger partial charge in [0, 0.05) is 27.7 Å². The highest BCUT2D eigenvalue weighted by Crippen LogP contribution is 2.25. The number of nitrogens with one attached hydrogen (secondary N) is 2. The molecule has 2 N–H and O–H groups in total. The van der Waals surface area contributed by atoms with Crippen molar-refractivity contribution in [3.63, 3.8) is 0 Å². The Morgan fingerprint density at radius 2 is 1.68 bits per heavy atom. The summed E-state index contributed by atoms with van der Waals surface area (Å²) in [4.78, 5) is 26.0. The molecule has 1 aromatic heterocycles. The first-order valence-corrected chi connectivity index (χ1v) is 12.1. The zero-order valence-corrected chi connectivity index (χ0v) is 20.6.